The van der Waals surface area contributed by atoms with Gasteiger partial charge in [-0.1, -0.05) is 42.5 Å². The van der Waals surface area contributed by atoms with Crippen molar-refractivity contribution < 1.29 is 9.53 Å². The van der Waals surface area contributed by atoms with Crippen LogP contribution in [0.5, 0.6) is 5.75 Å². The first-order valence-corrected chi connectivity index (χ1v) is 7.45. The summed E-state index contributed by atoms with van der Waals surface area (Å²) in [5, 5.41) is 7.26. The molecule has 2 aromatic carbocycles. The van der Waals surface area contributed by atoms with Gasteiger partial charge in [0.15, 0.2) is 5.78 Å². The van der Waals surface area contributed by atoms with Gasteiger partial charge in [0.2, 0.25) is 0 Å². The first-order chi connectivity index (χ1) is 11.2. The van der Waals surface area contributed by atoms with E-state index in [0.29, 0.717) is 12.1 Å². The van der Waals surface area contributed by atoms with Gasteiger partial charge in [-0.05, 0) is 17.7 Å². The van der Waals surface area contributed by atoms with Crippen LogP contribution in [0.3, 0.4) is 0 Å². The monoisotopic (exact) mass is 306 g/mol. The lowest BCUT2D eigenvalue weighted by Crippen LogP contribution is -2.00. The van der Waals surface area contributed by atoms with Crippen LogP contribution in [0.2, 0.25) is 0 Å². The summed E-state index contributed by atoms with van der Waals surface area (Å²) >= 11 is 0. The normalized spacial score (nSPS) is 10.5. The smallest absolute Gasteiger partial charge is 0.177 e. The van der Waals surface area contributed by atoms with Crippen LogP contribution in [-0.4, -0.2) is 23.1 Å². The number of H-pyrrole nitrogens is 1. The Balaban J connectivity index is 2.01. The highest BCUT2D eigenvalue weighted by Gasteiger charge is 2.18. The maximum atomic E-state index is 11.9. The number of Topliss-reactive ketones (excluding diaryl/α,β-unsaturated/α-hetero) is 1. The number of nitrogens with one attached hydrogen (secondary N) is 1. The molecule has 0 saturated heterocycles. The summed E-state index contributed by atoms with van der Waals surface area (Å²) in [5.74, 6) is 0.805. The molecule has 1 N–H and O–H groups in total. The van der Waals surface area contributed by atoms with Crippen LogP contribution in [0.4, 0.5) is 0 Å². The van der Waals surface area contributed by atoms with Gasteiger partial charge in [-0.3, -0.25) is 9.89 Å². The van der Waals surface area contributed by atoms with Crippen molar-refractivity contribution in [2.75, 3.05) is 7.11 Å². The number of carbonyl (C=O) groups excluding carboxylic acids is 1. The summed E-state index contributed by atoms with van der Waals surface area (Å²) < 4.78 is 5.19. The number of rotatable bonds is 5. The minimum atomic E-state index is -0.0109. The molecule has 0 amide bonds. The predicted octanol–water partition coefficient (Wildman–Crippen LogP) is 3.88. The van der Waals surface area contributed by atoms with Crippen LogP contribution < -0.4 is 4.74 Å². The van der Waals surface area contributed by atoms with E-state index in [4.69, 9.17) is 4.74 Å². The zero-order valence-electron chi connectivity index (χ0n) is 13.2. The molecule has 4 heteroatoms. The van der Waals surface area contributed by atoms with Gasteiger partial charge in [0.1, 0.15) is 11.4 Å². The molecule has 1 heterocycles. The fraction of sp³-hybridized carbons (Fsp3) is 0.158. The Morgan fingerprint density at radius 2 is 1.78 bits per heavy atom. The number of aromatic nitrogens is 2. The first kappa shape index (κ1) is 15.0. The average molecular weight is 306 g/mol. The number of ether oxygens (including phenoxy) is 1. The number of ketones is 1. The molecule has 4 nitrogen and oxygen atoms in total. The Morgan fingerprint density at radius 3 is 2.39 bits per heavy atom. The molecule has 116 valence electrons. The number of carbonyl (C=O) groups is 1. The fourth-order valence-corrected chi connectivity index (χ4v) is 2.61. The van der Waals surface area contributed by atoms with Crippen molar-refractivity contribution in [3.05, 3.63) is 71.4 Å². The molecular weight excluding hydrogens is 288 g/mol. The van der Waals surface area contributed by atoms with Crippen LogP contribution in [0.25, 0.3) is 11.3 Å². The number of benzene rings is 2. The number of methoxy groups -OCH3 is 1. The lowest BCUT2D eigenvalue weighted by molar-refractivity contribution is 0.101. The summed E-state index contributed by atoms with van der Waals surface area (Å²) in [6.07, 6.45) is 0.639. The molecule has 0 radical (unpaired) electrons. The van der Waals surface area contributed by atoms with Crippen LogP contribution in [0.15, 0.2) is 54.6 Å². The topological polar surface area (TPSA) is 55.0 Å². The Bertz CT molecular complexity index is 805. The molecular formula is C19H18N2O2. The van der Waals surface area contributed by atoms with Crippen molar-refractivity contribution in [1.82, 2.24) is 10.2 Å². The third-order valence-electron chi connectivity index (χ3n) is 3.81. The van der Waals surface area contributed by atoms with Gasteiger partial charge in [0.25, 0.3) is 0 Å². The van der Waals surface area contributed by atoms with Crippen molar-refractivity contribution in [3.8, 4) is 17.0 Å². The van der Waals surface area contributed by atoms with E-state index in [1.54, 1.807) is 14.0 Å². The minimum Gasteiger partial charge on any atom is -0.497 e. The molecule has 0 bridgehead atoms. The van der Waals surface area contributed by atoms with E-state index in [9.17, 15) is 4.79 Å². The van der Waals surface area contributed by atoms with Gasteiger partial charge >= 0.3 is 0 Å². The molecule has 23 heavy (non-hydrogen) atoms. The lowest BCUT2D eigenvalue weighted by Gasteiger charge is -2.06. The molecule has 0 aliphatic rings. The molecule has 3 aromatic rings. The van der Waals surface area contributed by atoms with E-state index in [-0.39, 0.29) is 5.78 Å². The summed E-state index contributed by atoms with van der Waals surface area (Å²) in [6.45, 7) is 1.56. The Labute approximate surface area is 135 Å². The van der Waals surface area contributed by atoms with Gasteiger partial charge in [-0.25, -0.2) is 0 Å². The van der Waals surface area contributed by atoms with Gasteiger partial charge < -0.3 is 4.74 Å². The Hall–Kier alpha value is -2.88. The number of aromatic amines is 1. The van der Waals surface area contributed by atoms with Gasteiger partial charge in [-0.15, -0.1) is 0 Å². The molecule has 0 atom stereocenters. The van der Waals surface area contributed by atoms with Crippen LogP contribution in [0, 0.1) is 0 Å². The fourth-order valence-electron chi connectivity index (χ4n) is 2.61. The van der Waals surface area contributed by atoms with E-state index in [1.165, 1.54) is 0 Å². The third-order valence-corrected chi connectivity index (χ3v) is 3.81. The van der Waals surface area contributed by atoms with E-state index < -0.39 is 0 Å². The lowest BCUT2D eigenvalue weighted by atomic mass is 9.98. The number of nitrogens with zero attached hydrogens (tertiary/aromatic N) is 1. The second-order valence-electron chi connectivity index (χ2n) is 5.37. The standard InChI is InChI=1S/C19H18N2O2/c1-13(22)18-17(12-14-8-10-16(23-2)11-9-14)19(21-20-18)15-6-4-3-5-7-15/h3-11H,12H2,1-2H3,(H,20,21). The SMILES string of the molecule is COc1ccc(Cc2c(-c3ccccc3)n[nH]c2C(C)=O)cc1. The van der Waals surface area contributed by atoms with Gasteiger partial charge in [0, 0.05) is 24.5 Å². The van der Waals surface area contributed by atoms with Crippen molar-refractivity contribution in [2.45, 2.75) is 13.3 Å². The van der Waals surface area contributed by atoms with Crippen molar-refractivity contribution >= 4 is 5.78 Å². The second-order valence-corrected chi connectivity index (χ2v) is 5.37. The van der Waals surface area contributed by atoms with E-state index in [1.807, 2.05) is 54.6 Å². The molecule has 0 unspecified atom stereocenters. The quantitative estimate of drug-likeness (QED) is 0.728. The highest BCUT2D eigenvalue weighted by atomic mass is 16.5. The van der Waals surface area contributed by atoms with Gasteiger partial charge in [-0.2, -0.15) is 5.10 Å². The average Bonchev–Trinajstić information content (AvgIpc) is 3.00. The molecule has 0 spiro atoms. The summed E-state index contributed by atoms with van der Waals surface area (Å²) in [7, 11) is 1.65. The first-order valence-electron chi connectivity index (χ1n) is 7.45. The highest BCUT2D eigenvalue weighted by molar-refractivity contribution is 5.95. The van der Waals surface area contributed by atoms with E-state index in [2.05, 4.69) is 10.2 Å². The maximum absolute atomic E-state index is 11.9. The number of hydrogen-bond acceptors (Lipinski definition) is 3. The van der Waals surface area contributed by atoms with Crippen molar-refractivity contribution in [3.63, 3.8) is 0 Å². The maximum Gasteiger partial charge on any atom is 0.177 e. The third kappa shape index (κ3) is 3.16. The minimum absolute atomic E-state index is 0.0109. The molecule has 0 fully saturated rings. The molecule has 0 saturated carbocycles. The zero-order chi connectivity index (χ0) is 16.2. The Kier molecular flexibility index (Phi) is 4.24. The van der Waals surface area contributed by atoms with E-state index >= 15 is 0 Å². The summed E-state index contributed by atoms with van der Waals surface area (Å²) in [5.41, 5.74) is 4.42. The molecule has 3 rings (SSSR count). The van der Waals surface area contributed by atoms with Crippen LogP contribution in [0.1, 0.15) is 28.5 Å². The number of hydrogen-bond donors (Lipinski definition) is 1. The van der Waals surface area contributed by atoms with E-state index in [0.717, 1.165) is 28.1 Å². The summed E-state index contributed by atoms with van der Waals surface area (Å²) in [6, 6.07) is 17.7. The van der Waals surface area contributed by atoms with Crippen molar-refractivity contribution in [2.24, 2.45) is 0 Å². The van der Waals surface area contributed by atoms with Crippen LogP contribution >= 0.6 is 0 Å². The molecule has 0 aliphatic carbocycles. The summed E-state index contributed by atoms with van der Waals surface area (Å²) in [4.78, 5) is 11.9. The van der Waals surface area contributed by atoms with Crippen LogP contribution in [-0.2, 0) is 6.42 Å². The predicted molar refractivity (Wildman–Crippen MR) is 89.8 cm³/mol. The zero-order valence-corrected chi connectivity index (χ0v) is 13.2. The highest BCUT2D eigenvalue weighted by Crippen LogP contribution is 2.27. The largest absolute Gasteiger partial charge is 0.497 e. The molecule has 0 aliphatic heterocycles. The van der Waals surface area contributed by atoms with Crippen molar-refractivity contribution in [1.29, 1.82) is 0 Å². The Morgan fingerprint density at radius 1 is 1.09 bits per heavy atom. The van der Waals surface area contributed by atoms with Gasteiger partial charge in [0.05, 0.1) is 12.8 Å². The second kappa shape index (κ2) is 6.48. The molecule has 1 aromatic heterocycles.